The fourth-order valence-electron chi connectivity index (χ4n) is 1.36. The predicted molar refractivity (Wildman–Crippen MR) is 75.6 cm³/mol. The van der Waals surface area contributed by atoms with Gasteiger partial charge in [0, 0.05) is 5.69 Å². The first-order valence-electron chi connectivity index (χ1n) is 5.84. The predicted octanol–water partition coefficient (Wildman–Crippen LogP) is 3.87. The van der Waals surface area contributed by atoms with Crippen LogP contribution >= 0.6 is 23.2 Å². The molecule has 0 saturated carbocycles. The summed E-state index contributed by atoms with van der Waals surface area (Å²) >= 11 is 11.8. The number of benzene rings is 1. The van der Waals surface area contributed by atoms with Gasteiger partial charge in [0.15, 0.2) is 0 Å². The summed E-state index contributed by atoms with van der Waals surface area (Å²) in [7, 11) is 0. The molecule has 4 nitrogen and oxygen atoms in total. The average Bonchev–Trinajstić information content (AvgIpc) is 2.31. The van der Waals surface area contributed by atoms with Crippen LogP contribution in [-0.2, 0) is 9.53 Å². The van der Waals surface area contributed by atoms with Gasteiger partial charge in [-0.15, -0.1) is 0 Å². The number of alkyl halides is 3. The lowest BCUT2D eigenvalue weighted by molar-refractivity contribution is -0.152. The quantitative estimate of drug-likeness (QED) is 0.797. The Kier molecular flexibility index (Phi) is 6.12. The molecule has 0 saturated heterocycles. The van der Waals surface area contributed by atoms with Gasteiger partial charge in [-0.3, -0.25) is 4.79 Å². The molecule has 1 unspecified atom stereocenters. The van der Waals surface area contributed by atoms with Crippen LogP contribution in [0.1, 0.15) is 13.3 Å². The zero-order valence-electron chi connectivity index (χ0n) is 10.9. The van der Waals surface area contributed by atoms with E-state index in [0.29, 0.717) is 5.69 Å². The molecular formula is C12H13Cl2F3N2O2. The molecule has 1 atom stereocenters. The third-order valence-corrected chi connectivity index (χ3v) is 3.03. The number of nitrogens with two attached hydrogens (primary N) is 1. The van der Waals surface area contributed by atoms with Crippen molar-refractivity contribution < 1.29 is 22.7 Å². The lowest BCUT2D eigenvalue weighted by Gasteiger charge is -2.16. The molecule has 0 fully saturated rings. The maximum absolute atomic E-state index is 12.0. The van der Waals surface area contributed by atoms with Crippen LogP contribution in [0.25, 0.3) is 0 Å². The highest BCUT2D eigenvalue weighted by Gasteiger charge is 2.27. The summed E-state index contributed by atoms with van der Waals surface area (Å²) in [5.74, 6) is -0.661. The Labute approximate surface area is 129 Å². The number of hydrogen-bond donors (Lipinski definition) is 2. The highest BCUT2D eigenvalue weighted by Crippen LogP contribution is 2.33. The summed E-state index contributed by atoms with van der Waals surface area (Å²) in [6.07, 6.45) is -6.55. The molecule has 9 heteroatoms. The van der Waals surface area contributed by atoms with Crippen LogP contribution in [0.4, 0.5) is 24.5 Å². The summed E-state index contributed by atoms with van der Waals surface area (Å²) < 4.78 is 40.7. The van der Waals surface area contributed by atoms with E-state index >= 15 is 0 Å². The molecule has 3 N–H and O–H groups in total. The van der Waals surface area contributed by atoms with Crippen molar-refractivity contribution in [2.24, 2.45) is 0 Å². The second kappa shape index (κ2) is 7.20. The topological polar surface area (TPSA) is 64.3 Å². The number of ether oxygens (including phenoxy) is 1. The minimum atomic E-state index is -4.33. The first-order valence-corrected chi connectivity index (χ1v) is 6.59. The summed E-state index contributed by atoms with van der Waals surface area (Å²) in [4.78, 5) is 11.8. The van der Waals surface area contributed by atoms with Crippen LogP contribution in [-0.4, -0.2) is 24.8 Å². The third kappa shape index (κ3) is 5.99. The number of amides is 1. The van der Waals surface area contributed by atoms with Crippen molar-refractivity contribution in [2.75, 3.05) is 17.7 Å². The molecule has 0 aliphatic heterocycles. The number of nitrogens with one attached hydrogen (secondary N) is 1. The number of rotatable bonds is 5. The van der Waals surface area contributed by atoms with Gasteiger partial charge in [-0.05, 0) is 19.1 Å². The maximum atomic E-state index is 12.0. The fraction of sp³-hybridized carbons (Fsp3) is 0.417. The number of carbonyl (C=O) groups excluding carboxylic acids is 1. The molecule has 0 spiro atoms. The van der Waals surface area contributed by atoms with E-state index in [1.54, 1.807) is 0 Å². The molecule has 1 aromatic carbocycles. The van der Waals surface area contributed by atoms with Crippen LogP contribution in [0.2, 0.25) is 10.0 Å². The highest BCUT2D eigenvalue weighted by atomic mass is 35.5. The van der Waals surface area contributed by atoms with E-state index < -0.39 is 31.2 Å². The summed E-state index contributed by atoms with van der Waals surface area (Å²) in [6, 6.07) is 2.77. The van der Waals surface area contributed by atoms with Crippen molar-refractivity contribution in [1.82, 2.24) is 0 Å². The largest absolute Gasteiger partial charge is 0.399 e. The normalized spacial score (nSPS) is 13.0. The van der Waals surface area contributed by atoms with Gasteiger partial charge in [-0.25, -0.2) is 0 Å². The number of anilines is 2. The SMILES string of the molecule is CC(OCCC(F)(F)F)C(=O)Nc1c(Cl)cc(N)cc1Cl. The smallest absolute Gasteiger partial charge is 0.391 e. The van der Waals surface area contributed by atoms with Crippen molar-refractivity contribution >= 4 is 40.5 Å². The lowest BCUT2D eigenvalue weighted by Crippen LogP contribution is -2.29. The van der Waals surface area contributed by atoms with Gasteiger partial charge in [0.2, 0.25) is 0 Å². The number of halogens is 5. The molecule has 0 heterocycles. The summed E-state index contributed by atoms with van der Waals surface area (Å²) in [5, 5.41) is 2.63. The minimum absolute atomic E-state index is 0.121. The molecular weight excluding hydrogens is 332 g/mol. The molecule has 1 rings (SSSR count). The molecule has 0 radical (unpaired) electrons. The Bertz CT molecular complexity index is 501. The molecule has 118 valence electrons. The van der Waals surface area contributed by atoms with Crippen molar-refractivity contribution in [2.45, 2.75) is 25.6 Å². The van der Waals surface area contributed by atoms with Crippen LogP contribution in [0.5, 0.6) is 0 Å². The summed E-state index contributed by atoms with van der Waals surface area (Å²) in [5.41, 5.74) is 5.96. The standard InChI is InChI=1S/C12H13Cl2F3N2O2/c1-6(21-3-2-12(15,16)17)11(20)19-10-8(13)4-7(18)5-9(10)14/h4-6H,2-3,18H2,1H3,(H,19,20). The van der Waals surface area contributed by atoms with E-state index in [0.717, 1.165) is 0 Å². The Morgan fingerprint density at radius 2 is 1.90 bits per heavy atom. The number of hydrogen-bond acceptors (Lipinski definition) is 3. The van der Waals surface area contributed by atoms with Crippen LogP contribution < -0.4 is 11.1 Å². The van der Waals surface area contributed by atoms with Crippen molar-refractivity contribution in [3.8, 4) is 0 Å². The van der Waals surface area contributed by atoms with Crippen LogP contribution in [0.3, 0.4) is 0 Å². The second-order valence-corrected chi connectivity index (χ2v) is 5.04. The first-order chi connectivity index (χ1) is 9.60. The Balaban J connectivity index is 2.61. The van der Waals surface area contributed by atoms with E-state index in [2.05, 4.69) is 5.32 Å². The molecule has 0 aliphatic rings. The van der Waals surface area contributed by atoms with E-state index in [1.807, 2.05) is 0 Å². The van der Waals surface area contributed by atoms with Gasteiger partial charge < -0.3 is 15.8 Å². The monoisotopic (exact) mass is 344 g/mol. The van der Waals surface area contributed by atoms with Crippen molar-refractivity contribution in [3.05, 3.63) is 22.2 Å². The van der Waals surface area contributed by atoms with Crippen molar-refractivity contribution in [3.63, 3.8) is 0 Å². The minimum Gasteiger partial charge on any atom is -0.399 e. The Morgan fingerprint density at radius 1 is 1.38 bits per heavy atom. The molecule has 0 bridgehead atoms. The van der Waals surface area contributed by atoms with Crippen LogP contribution in [0, 0.1) is 0 Å². The molecule has 1 amide bonds. The molecule has 0 aliphatic carbocycles. The van der Waals surface area contributed by atoms with Gasteiger partial charge in [-0.2, -0.15) is 13.2 Å². The van der Waals surface area contributed by atoms with E-state index in [9.17, 15) is 18.0 Å². The highest BCUT2D eigenvalue weighted by molar-refractivity contribution is 6.40. The Morgan fingerprint density at radius 3 is 2.38 bits per heavy atom. The van der Waals surface area contributed by atoms with Gasteiger partial charge in [0.25, 0.3) is 5.91 Å². The molecule has 0 aromatic heterocycles. The lowest BCUT2D eigenvalue weighted by atomic mass is 10.2. The zero-order chi connectivity index (χ0) is 16.2. The fourth-order valence-corrected chi connectivity index (χ4v) is 1.96. The van der Waals surface area contributed by atoms with E-state index in [4.69, 9.17) is 33.7 Å². The van der Waals surface area contributed by atoms with Gasteiger partial charge >= 0.3 is 6.18 Å². The second-order valence-electron chi connectivity index (χ2n) is 4.23. The molecule has 21 heavy (non-hydrogen) atoms. The third-order valence-electron chi connectivity index (χ3n) is 2.44. The van der Waals surface area contributed by atoms with Crippen LogP contribution in [0.15, 0.2) is 12.1 Å². The molecule has 1 aromatic rings. The maximum Gasteiger partial charge on any atom is 0.391 e. The number of nitrogen functional groups attached to an aromatic ring is 1. The summed E-state index contributed by atoms with van der Waals surface area (Å²) in [6.45, 7) is 0.714. The average molecular weight is 345 g/mol. The van der Waals surface area contributed by atoms with Gasteiger partial charge in [0.05, 0.1) is 28.8 Å². The van der Waals surface area contributed by atoms with E-state index in [-0.39, 0.29) is 15.7 Å². The first kappa shape index (κ1) is 17.9. The zero-order valence-corrected chi connectivity index (χ0v) is 12.4. The van der Waals surface area contributed by atoms with Gasteiger partial charge in [0.1, 0.15) is 6.10 Å². The Hall–Kier alpha value is -1.18. The van der Waals surface area contributed by atoms with Crippen molar-refractivity contribution in [1.29, 1.82) is 0 Å². The number of carbonyl (C=O) groups is 1. The van der Waals surface area contributed by atoms with E-state index in [1.165, 1.54) is 19.1 Å². The van der Waals surface area contributed by atoms with Gasteiger partial charge in [-0.1, -0.05) is 23.2 Å².